The van der Waals surface area contributed by atoms with Gasteiger partial charge in [0.1, 0.15) is 0 Å². The Morgan fingerprint density at radius 3 is 2.62 bits per heavy atom. The first-order valence-corrected chi connectivity index (χ1v) is 7.39. The van der Waals surface area contributed by atoms with E-state index >= 15 is 0 Å². The molecule has 0 bridgehead atoms. The predicted octanol–water partition coefficient (Wildman–Crippen LogP) is 1.24. The molecule has 21 heavy (non-hydrogen) atoms. The summed E-state index contributed by atoms with van der Waals surface area (Å²) in [5.41, 5.74) is 3.37. The summed E-state index contributed by atoms with van der Waals surface area (Å²) < 4.78 is 1.83. The van der Waals surface area contributed by atoms with Crippen molar-refractivity contribution in [3.05, 3.63) is 35.2 Å². The Bertz CT molecular complexity index is 600. The minimum atomic E-state index is 0.168. The van der Waals surface area contributed by atoms with Crippen molar-refractivity contribution in [1.82, 2.24) is 25.1 Å². The van der Waals surface area contributed by atoms with E-state index in [0.717, 1.165) is 22.6 Å². The van der Waals surface area contributed by atoms with Crippen molar-refractivity contribution in [2.75, 3.05) is 13.2 Å². The van der Waals surface area contributed by atoms with Crippen molar-refractivity contribution in [2.45, 2.75) is 39.3 Å². The molecule has 1 aromatic carbocycles. The number of aliphatic hydroxyl groups excluding tert-OH is 1. The molecule has 1 aliphatic rings. The van der Waals surface area contributed by atoms with Crippen molar-refractivity contribution >= 4 is 0 Å². The molecule has 0 amide bonds. The summed E-state index contributed by atoms with van der Waals surface area (Å²) in [6, 6.07) is 6.75. The molecule has 0 unspecified atom stereocenters. The van der Waals surface area contributed by atoms with Crippen LogP contribution in [0, 0.1) is 13.8 Å². The van der Waals surface area contributed by atoms with Gasteiger partial charge in [0, 0.05) is 12.6 Å². The van der Waals surface area contributed by atoms with Gasteiger partial charge in [0.2, 0.25) is 0 Å². The molecule has 1 aromatic heterocycles. The van der Waals surface area contributed by atoms with E-state index in [2.05, 4.69) is 46.4 Å². The summed E-state index contributed by atoms with van der Waals surface area (Å²) in [7, 11) is 0. The molecule has 2 aromatic rings. The van der Waals surface area contributed by atoms with Gasteiger partial charge in [-0.25, -0.2) is 0 Å². The van der Waals surface area contributed by atoms with Crippen LogP contribution in [0.25, 0.3) is 5.69 Å². The van der Waals surface area contributed by atoms with E-state index in [9.17, 15) is 5.11 Å². The van der Waals surface area contributed by atoms with Crippen LogP contribution in [0.3, 0.4) is 0 Å². The lowest BCUT2D eigenvalue weighted by atomic mass is 10.1. The lowest BCUT2D eigenvalue weighted by molar-refractivity contribution is 0.179. The highest BCUT2D eigenvalue weighted by atomic mass is 16.3. The minimum absolute atomic E-state index is 0.168. The summed E-state index contributed by atoms with van der Waals surface area (Å²) in [5.74, 6) is 0.827. The van der Waals surface area contributed by atoms with Gasteiger partial charge in [-0.2, -0.15) is 4.68 Å². The second-order valence-corrected chi connectivity index (χ2v) is 5.67. The van der Waals surface area contributed by atoms with Gasteiger partial charge < -0.3 is 5.11 Å². The van der Waals surface area contributed by atoms with Crippen LogP contribution in [-0.2, 0) is 6.54 Å². The number of hydrogen-bond donors (Lipinski definition) is 1. The second-order valence-electron chi connectivity index (χ2n) is 5.67. The quantitative estimate of drug-likeness (QED) is 0.865. The Labute approximate surface area is 124 Å². The lowest BCUT2D eigenvalue weighted by Crippen LogP contribution is -2.30. The van der Waals surface area contributed by atoms with Crippen LogP contribution < -0.4 is 0 Å². The molecule has 0 aliphatic heterocycles. The summed E-state index contributed by atoms with van der Waals surface area (Å²) >= 11 is 0. The number of hydrogen-bond acceptors (Lipinski definition) is 5. The van der Waals surface area contributed by atoms with Gasteiger partial charge in [-0.15, -0.1) is 5.10 Å². The first-order valence-electron chi connectivity index (χ1n) is 7.39. The van der Waals surface area contributed by atoms with Gasteiger partial charge in [-0.1, -0.05) is 18.2 Å². The molecular formula is C15H21N5O. The number of para-hydroxylation sites is 1. The minimum Gasteiger partial charge on any atom is -0.395 e. The average Bonchev–Trinajstić information content (AvgIpc) is 3.20. The van der Waals surface area contributed by atoms with Crippen LogP contribution in [0.1, 0.15) is 29.8 Å². The maximum absolute atomic E-state index is 9.22. The fourth-order valence-electron chi connectivity index (χ4n) is 2.76. The molecule has 6 nitrogen and oxygen atoms in total. The van der Waals surface area contributed by atoms with E-state index in [0.29, 0.717) is 19.1 Å². The smallest absolute Gasteiger partial charge is 0.170 e. The van der Waals surface area contributed by atoms with Crippen molar-refractivity contribution in [3.63, 3.8) is 0 Å². The molecule has 1 aliphatic carbocycles. The highest BCUT2D eigenvalue weighted by molar-refractivity contribution is 5.46. The molecule has 0 radical (unpaired) electrons. The second kappa shape index (κ2) is 5.91. The number of benzene rings is 1. The van der Waals surface area contributed by atoms with Gasteiger partial charge in [-0.3, -0.25) is 4.90 Å². The topological polar surface area (TPSA) is 67.1 Å². The van der Waals surface area contributed by atoms with Crippen LogP contribution in [0.15, 0.2) is 18.2 Å². The van der Waals surface area contributed by atoms with Crippen LogP contribution in [0.2, 0.25) is 0 Å². The lowest BCUT2D eigenvalue weighted by Gasteiger charge is -2.20. The van der Waals surface area contributed by atoms with Crippen molar-refractivity contribution in [3.8, 4) is 5.69 Å². The molecule has 1 saturated carbocycles. The van der Waals surface area contributed by atoms with E-state index in [1.807, 2.05) is 10.7 Å². The van der Waals surface area contributed by atoms with E-state index < -0.39 is 0 Å². The normalized spacial score (nSPS) is 14.9. The average molecular weight is 287 g/mol. The summed E-state index contributed by atoms with van der Waals surface area (Å²) in [4.78, 5) is 2.26. The van der Waals surface area contributed by atoms with Crippen LogP contribution >= 0.6 is 0 Å². The van der Waals surface area contributed by atoms with Gasteiger partial charge in [0.05, 0.1) is 18.8 Å². The highest BCUT2D eigenvalue weighted by Gasteiger charge is 2.30. The third-order valence-corrected chi connectivity index (χ3v) is 3.98. The largest absolute Gasteiger partial charge is 0.395 e. The summed E-state index contributed by atoms with van der Waals surface area (Å²) in [5, 5.41) is 21.4. The van der Waals surface area contributed by atoms with Crippen LogP contribution in [0.4, 0.5) is 0 Å². The molecule has 0 atom stereocenters. The standard InChI is InChI=1S/C15H21N5O/c1-11-4-3-5-12(2)15(11)20-14(16-17-18-20)10-19(8-9-21)13-6-7-13/h3-5,13,21H,6-10H2,1-2H3. The fourth-order valence-corrected chi connectivity index (χ4v) is 2.76. The van der Waals surface area contributed by atoms with E-state index in [1.54, 1.807) is 0 Å². The first-order chi connectivity index (χ1) is 10.2. The van der Waals surface area contributed by atoms with E-state index in [1.165, 1.54) is 12.8 Å². The van der Waals surface area contributed by atoms with E-state index in [4.69, 9.17) is 0 Å². The molecule has 1 fully saturated rings. The Morgan fingerprint density at radius 1 is 1.29 bits per heavy atom. The number of aliphatic hydroxyl groups is 1. The molecule has 3 rings (SSSR count). The third kappa shape index (κ3) is 2.96. The zero-order valence-corrected chi connectivity index (χ0v) is 12.5. The first kappa shape index (κ1) is 14.2. The van der Waals surface area contributed by atoms with Gasteiger partial charge in [-0.05, 0) is 48.2 Å². The van der Waals surface area contributed by atoms with Crippen molar-refractivity contribution < 1.29 is 5.11 Å². The number of aromatic nitrogens is 4. The maximum Gasteiger partial charge on any atom is 0.170 e. The Kier molecular flexibility index (Phi) is 3.98. The molecule has 1 heterocycles. The fraction of sp³-hybridized carbons (Fsp3) is 0.533. The molecule has 0 saturated heterocycles. The maximum atomic E-state index is 9.22. The summed E-state index contributed by atoms with van der Waals surface area (Å²) in [6.45, 7) is 5.65. The monoisotopic (exact) mass is 287 g/mol. The van der Waals surface area contributed by atoms with E-state index in [-0.39, 0.29) is 6.61 Å². The molecule has 1 N–H and O–H groups in total. The molecular weight excluding hydrogens is 266 g/mol. The summed E-state index contributed by atoms with van der Waals surface area (Å²) in [6.07, 6.45) is 2.40. The van der Waals surface area contributed by atoms with Crippen LogP contribution in [-0.4, -0.2) is 49.4 Å². The SMILES string of the molecule is Cc1cccc(C)c1-n1nnnc1CN(CCO)C1CC1. The van der Waals surface area contributed by atoms with Crippen LogP contribution in [0.5, 0.6) is 0 Å². The Morgan fingerprint density at radius 2 is 2.00 bits per heavy atom. The van der Waals surface area contributed by atoms with Gasteiger partial charge in [0.15, 0.2) is 5.82 Å². The number of nitrogens with zero attached hydrogens (tertiary/aromatic N) is 5. The van der Waals surface area contributed by atoms with Gasteiger partial charge >= 0.3 is 0 Å². The number of rotatable bonds is 6. The van der Waals surface area contributed by atoms with Crippen molar-refractivity contribution in [2.24, 2.45) is 0 Å². The zero-order valence-electron chi connectivity index (χ0n) is 12.5. The zero-order chi connectivity index (χ0) is 14.8. The predicted molar refractivity (Wildman–Crippen MR) is 79.1 cm³/mol. The Balaban J connectivity index is 1.90. The molecule has 6 heteroatoms. The number of tetrazole rings is 1. The highest BCUT2D eigenvalue weighted by Crippen LogP contribution is 2.28. The number of aryl methyl sites for hydroxylation is 2. The Hall–Kier alpha value is -1.79. The molecule has 112 valence electrons. The van der Waals surface area contributed by atoms with Crippen molar-refractivity contribution in [1.29, 1.82) is 0 Å². The van der Waals surface area contributed by atoms with Gasteiger partial charge in [0.25, 0.3) is 0 Å². The molecule has 0 spiro atoms. The third-order valence-electron chi connectivity index (χ3n) is 3.98.